The van der Waals surface area contributed by atoms with Crippen LogP contribution in [0, 0.1) is 0 Å². The molecule has 6 heteroatoms. The maximum Gasteiger partial charge on any atom is 0.351 e. The van der Waals surface area contributed by atoms with Crippen LogP contribution in [0.2, 0.25) is 0 Å². The number of oxime groups is 1. The van der Waals surface area contributed by atoms with Gasteiger partial charge in [-0.1, -0.05) is 17.3 Å². The summed E-state index contributed by atoms with van der Waals surface area (Å²) < 4.78 is 0. The van der Waals surface area contributed by atoms with Crippen molar-refractivity contribution in [2.45, 2.75) is 18.9 Å². The van der Waals surface area contributed by atoms with E-state index in [1.54, 1.807) is 6.20 Å². The molecule has 0 aliphatic carbocycles. The summed E-state index contributed by atoms with van der Waals surface area (Å²) in [5.74, 6) is -1.01. The maximum atomic E-state index is 11.1. The highest BCUT2D eigenvalue weighted by Gasteiger charge is 2.42. The molecule has 1 aromatic carbocycles. The highest BCUT2D eigenvalue weighted by Crippen LogP contribution is 2.27. The number of benzene rings is 1. The second kappa shape index (κ2) is 3.56. The van der Waals surface area contributed by atoms with E-state index in [0.717, 1.165) is 16.5 Å². The van der Waals surface area contributed by atoms with E-state index >= 15 is 0 Å². The zero-order valence-electron chi connectivity index (χ0n) is 9.67. The van der Waals surface area contributed by atoms with Crippen molar-refractivity contribution < 1.29 is 14.7 Å². The van der Waals surface area contributed by atoms with E-state index in [1.165, 1.54) is 6.92 Å². The van der Waals surface area contributed by atoms with Crippen LogP contribution in [0.5, 0.6) is 0 Å². The predicted octanol–water partition coefficient (Wildman–Crippen LogP) is 1.53. The average molecular weight is 245 g/mol. The van der Waals surface area contributed by atoms with Crippen molar-refractivity contribution in [3.8, 4) is 0 Å². The first kappa shape index (κ1) is 10.8. The third-order valence-electron chi connectivity index (χ3n) is 3.09. The number of H-pyrrole nitrogens is 1. The quantitative estimate of drug-likeness (QED) is 0.839. The smallest absolute Gasteiger partial charge is 0.351 e. The SMILES string of the molecule is CC1(C(=O)O)CC(c2ccc3cn[nH]c3c2)=NO1. The Bertz CT molecular complexity index is 661. The van der Waals surface area contributed by atoms with Crippen molar-refractivity contribution in [1.82, 2.24) is 10.2 Å². The van der Waals surface area contributed by atoms with Crippen LogP contribution >= 0.6 is 0 Å². The number of hydrogen-bond acceptors (Lipinski definition) is 4. The monoisotopic (exact) mass is 245 g/mol. The fourth-order valence-electron chi connectivity index (χ4n) is 1.93. The molecule has 0 saturated heterocycles. The number of nitrogens with zero attached hydrogens (tertiary/aromatic N) is 2. The van der Waals surface area contributed by atoms with E-state index in [0.29, 0.717) is 5.71 Å². The van der Waals surface area contributed by atoms with Gasteiger partial charge in [-0.25, -0.2) is 4.79 Å². The largest absolute Gasteiger partial charge is 0.478 e. The van der Waals surface area contributed by atoms with E-state index in [4.69, 9.17) is 9.94 Å². The number of hydrogen-bond donors (Lipinski definition) is 2. The van der Waals surface area contributed by atoms with Crippen LogP contribution in [-0.4, -0.2) is 32.6 Å². The molecule has 1 atom stereocenters. The number of carboxylic acid groups (broad SMARTS) is 1. The minimum absolute atomic E-state index is 0.252. The van der Waals surface area contributed by atoms with Gasteiger partial charge in [0.2, 0.25) is 5.60 Å². The first-order valence-corrected chi connectivity index (χ1v) is 5.50. The Labute approximate surface area is 102 Å². The van der Waals surface area contributed by atoms with E-state index in [9.17, 15) is 4.79 Å². The average Bonchev–Trinajstić information content (AvgIpc) is 2.95. The highest BCUT2D eigenvalue weighted by molar-refractivity contribution is 6.06. The van der Waals surface area contributed by atoms with Crippen LogP contribution in [0.25, 0.3) is 10.9 Å². The molecule has 0 radical (unpaired) electrons. The van der Waals surface area contributed by atoms with Gasteiger partial charge in [-0.15, -0.1) is 0 Å². The number of nitrogens with one attached hydrogen (secondary N) is 1. The van der Waals surface area contributed by atoms with Crippen molar-refractivity contribution in [3.63, 3.8) is 0 Å². The molecule has 0 bridgehead atoms. The number of carbonyl (C=O) groups is 1. The summed E-state index contributed by atoms with van der Waals surface area (Å²) >= 11 is 0. The molecule has 2 aromatic rings. The van der Waals surface area contributed by atoms with Gasteiger partial charge in [0.25, 0.3) is 0 Å². The zero-order chi connectivity index (χ0) is 12.8. The molecule has 0 fully saturated rings. The van der Waals surface area contributed by atoms with Crippen LogP contribution in [0.1, 0.15) is 18.9 Å². The molecule has 1 aliphatic heterocycles. The molecule has 2 N–H and O–H groups in total. The molecule has 6 nitrogen and oxygen atoms in total. The summed E-state index contributed by atoms with van der Waals surface area (Å²) in [6.45, 7) is 1.51. The summed E-state index contributed by atoms with van der Waals surface area (Å²) in [5.41, 5.74) is 1.10. The Kier molecular flexibility index (Phi) is 2.13. The topological polar surface area (TPSA) is 87.6 Å². The molecule has 18 heavy (non-hydrogen) atoms. The van der Waals surface area contributed by atoms with E-state index < -0.39 is 11.6 Å². The van der Waals surface area contributed by atoms with Gasteiger partial charge in [0.1, 0.15) is 0 Å². The second-order valence-corrected chi connectivity index (χ2v) is 4.51. The normalized spacial score (nSPS) is 22.8. The predicted molar refractivity (Wildman–Crippen MR) is 64.4 cm³/mol. The first-order chi connectivity index (χ1) is 8.58. The summed E-state index contributed by atoms with van der Waals surface area (Å²) in [7, 11) is 0. The van der Waals surface area contributed by atoms with Crippen LogP contribution in [0.4, 0.5) is 0 Å². The van der Waals surface area contributed by atoms with E-state index in [1.807, 2.05) is 18.2 Å². The molecule has 0 spiro atoms. The number of aromatic amines is 1. The third kappa shape index (κ3) is 1.54. The van der Waals surface area contributed by atoms with Gasteiger partial charge >= 0.3 is 5.97 Å². The van der Waals surface area contributed by atoms with Gasteiger partial charge in [0.05, 0.1) is 17.4 Å². The number of carboxylic acids is 1. The number of fused-ring (bicyclic) bond motifs is 1. The van der Waals surface area contributed by atoms with Crippen LogP contribution in [0.3, 0.4) is 0 Å². The minimum atomic E-state index is -1.27. The van der Waals surface area contributed by atoms with Crippen molar-refractivity contribution in [2.75, 3.05) is 0 Å². The molecule has 3 rings (SSSR count). The van der Waals surface area contributed by atoms with Gasteiger partial charge in [0, 0.05) is 17.4 Å². The standard InChI is InChI=1S/C12H11N3O3/c1-12(11(16)17)5-10(15-18-12)7-2-3-8-6-13-14-9(8)4-7/h2-4,6H,5H2,1H3,(H,13,14)(H,16,17). The Balaban J connectivity index is 1.94. The van der Waals surface area contributed by atoms with E-state index in [2.05, 4.69) is 15.4 Å². The Morgan fingerprint density at radius 2 is 2.39 bits per heavy atom. The molecule has 1 aromatic heterocycles. The van der Waals surface area contributed by atoms with Crippen molar-refractivity contribution >= 4 is 22.6 Å². The second-order valence-electron chi connectivity index (χ2n) is 4.51. The van der Waals surface area contributed by atoms with Gasteiger partial charge in [-0.05, 0) is 13.0 Å². The van der Waals surface area contributed by atoms with E-state index in [-0.39, 0.29) is 6.42 Å². The molecule has 92 valence electrons. The fraction of sp³-hybridized carbons (Fsp3) is 0.250. The van der Waals surface area contributed by atoms with Crippen molar-refractivity contribution in [1.29, 1.82) is 0 Å². The maximum absolute atomic E-state index is 11.1. The Hall–Kier alpha value is -2.37. The Morgan fingerprint density at radius 3 is 3.11 bits per heavy atom. The van der Waals surface area contributed by atoms with Gasteiger partial charge in [0.15, 0.2) is 0 Å². The molecule has 1 unspecified atom stereocenters. The lowest BCUT2D eigenvalue weighted by molar-refractivity contribution is -0.160. The summed E-state index contributed by atoms with van der Waals surface area (Å²) in [4.78, 5) is 16.1. The fourth-order valence-corrected chi connectivity index (χ4v) is 1.93. The van der Waals surface area contributed by atoms with Gasteiger partial charge in [-0.3, -0.25) is 5.10 Å². The van der Waals surface area contributed by atoms with Crippen molar-refractivity contribution in [2.24, 2.45) is 5.16 Å². The molecule has 0 saturated carbocycles. The van der Waals surface area contributed by atoms with Crippen LogP contribution < -0.4 is 0 Å². The molecule has 2 heterocycles. The lowest BCUT2D eigenvalue weighted by Crippen LogP contribution is -2.35. The number of rotatable bonds is 2. The number of aliphatic carboxylic acids is 1. The Morgan fingerprint density at radius 1 is 1.56 bits per heavy atom. The minimum Gasteiger partial charge on any atom is -0.478 e. The van der Waals surface area contributed by atoms with Gasteiger partial charge in [-0.2, -0.15) is 5.10 Å². The summed E-state index contributed by atoms with van der Waals surface area (Å²) in [6, 6.07) is 5.68. The zero-order valence-corrected chi connectivity index (χ0v) is 9.67. The highest BCUT2D eigenvalue weighted by atomic mass is 16.7. The lowest BCUT2D eigenvalue weighted by atomic mass is 9.96. The lowest BCUT2D eigenvalue weighted by Gasteiger charge is -2.14. The first-order valence-electron chi connectivity index (χ1n) is 5.50. The molecular formula is C12H11N3O3. The van der Waals surface area contributed by atoms with Crippen molar-refractivity contribution in [3.05, 3.63) is 30.0 Å². The molecular weight excluding hydrogens is 234 g/mol. The van der Waals surface area contributed by atoms with Crippen LogP contribution in [-0.2, 0) is 9.63 Å². The van der Waals surface area contributed by atoms with Crippen LogP contribution in [0.15, 0.2) is 29.6 Å². The molecule has 1 aliphatic rings. The third-order valence-corrected chi connectivity index (χ3v) is 3.09. The summed E-state index contributed by atoms with van der Waals surface area (Å²) in [6.07, 6.45) is 1.98. The summed E-state index contributed by atoms with van der Waals surface area (Å²) in [5, 5.41) is 20.7. The van der Waals surface area contributed by atoms with Gasteiger partial charge < -0.3 is 9.94 Å². The number of aromatic nitrogens is 2. The molecule has 0 amide bonds.